The summed E-state index contributed by atoms with van der Waals surface area (Å²) in [5.41, 5.74) is 0.722. The lowest BCUT2D eigenvalue weighted by Gasteiger charge is -2.11. The summed E-state index contributed by atoms with van der Waals surface area (Å²) in [6.07, 6.45) is 5.35. The molecule has 1 aromatic heterocycles. The predicted molar refractivity (Wildman–Crippen MR) is 66.6 cm³/mol. The number of aromatic nitrogens is 2. The monoisotopic (exact) mass is 248 g/mol. The van der Waals surface area contributed by atoms with Crippen molar-refractivity contribution in [3.05, 3.63) is 42.5 Å². The second-order valence-electron chi connectivity index (χ2n) is 3.78. The maximum absolute atomic E-state index is 9.27. The van der Waals surface area contributed by atoms with E-state index in [0.717, 1.165) is 12.1 Å². The summed E-state index contributed by atoms with van der Waals surface area (Å²) in [5, 5.41) is 9.27. The fourth-order valence-electron chi connectivity index (χ4n) is 1.63. The van der Waals surface area contributed by atoms with Gasteiger partial charge < -0.3 is 19.1 Å². The van der Waals surface area contributed by atoms with E-state index >= 15 is 0 Å². The average molecular weight is 248 g/mol. The van der Waals surface area contributed by atoms with Crippen molar-refractivity contribution in [1.82, 2.24) is 9.55 Å². The number of aliphatic hydroxyl groups excluding tert-OH is 1. The van der Waals surface area contributed by atoms with Gasteiger partial charge in [0.05, 0.1) is 26.6 Å². The van der Waals surface area contributed by atoms with Crippen molar-refractivity contribution >= 4 is 0 Å². The number of rotatable bonds is 6. The van der Waals surface area contributed by atoms with E-state index in [4.69, 9.17) is 9.47 Å². The predicted octanol–water partition coefficient (Wildman–Crippen LogP) is 1.46. The van der Waals surface area contributed by atoms with Crippen LogP contribution in [0.1, 0.15) is 5.56 Å². The van der Waals surface area contributed by atoms with Crippen LogP contribution < -0.4 is 9.47 Å². The number of nitrogens with zero attached hydrogens (tertiary/aromatic N) is 2. The summed E-state index contributed by atoms with van der Waals surface area (Å²) < 4.78 is 12.7. The zero-order chi connectivity index (χ0) is 12.8. The molecule has 0 aliphatic heterocycles. The maximum Gasteiger partial charge on any atom is 0.125 e. The molecule has 0 spiro atoms. The van der Waals surface area contributed by atoms with Gasteiger partial charge >= 0.3 is 0 Å². The molecule has 5 heteroatoms. The zero-order valence-corrected chi connectivity index (χ0v) is 10.2. The van der Waals surface area contributed by atoms with Crippen LogP contribution in [0.15, 0.2) is 36.9 Å². The number of methoxy groups -OCH3 is 1. The molecule has 0 aliphatic carbocycles. The minimum absolute atomic E-state index is 0.0718. The first-order valence-corrected chi connectivity index (χ1v) is 5.70. The Labute approximate surface area is 106 Å². The van der Waals surface area contributed by atoms with E-state index < -0.39 is 0 Å². The van der Waals surface area contributed by atoms with E-state index in [0.29, 0.717) is 18.1 Å². The summed E-state index contributed by atoms with van der Waals surface area (Å²) >= 11 is 0. The van der Waals surface area contributed by atoms with E-state index in [1.165, 1.54) is 0 Å². The van der Waals surface area contributed by atoms with Gasteiger partial charge in [-0.15, -0.1) is 0 Å². The van der Waals surface area contributed by atoms with Crippen LogP contribution in [-0.4, -0.2) is 28.4 Å². The van der Waals surface area contributed by atoms with Crippen LogP contribution in [0.2, 0.25) is 0 Å². The highest BCUT2D eigenvalue weighted by molar-refractivity contribution is 5.39. The van der Waals surface area contributed by atoms with Gasteiger partial charge in [0.25, 0.3) is 0 Å². The number of benzene rings is 1. The van der Waals surface area contributed by atoms with Gasteiger partial charge in [0.2, 0.25) is 0 Å². The van der Waals surface area contributed by atoms with Crippen LogP contribution in [0.3, 0.4) is 0 Å². The maximum atomic E-state index is 9.27. The third-order valence-corrected chi connectivity index (χ3v) is 2.60. The molecule has 1 heterocycles. The Hall–Kier alpha value is -2.01. The van der Waals surface area contributed by atoms with Gasteiger partial charge in [-0.3, -0.25) is 0 Å². The van der Waals surface area contributed by atoms with Crippen LogP contribution >= 0.6 is 0 Å². The largest absolute Gasteiger partial charge is 0.497 e. The summed E-state index contributed by atoms with van der Waals surface area (Å²) in [7, 11) is 1.59. The topological polar surface area (TPSA) is 56.5 Å². The number of hydrogen-bond donors (Lipinski definition) is 1. The van der Waals surface area contributed by atoms with Crippen LogP contribution in [0.25, 0.3) is 0 Å². The minimum Gasteiger partial charge on any atom is -0.497 e. The molecule has 0 saturated heterocycles. The van der Waals surface area contributed by atoms with Crippen molar-refractivity contribution in [1.29, 1.82) is 0 Å². The third-order valence-electron chi connectivity index (χ3n) is 2.60. The Balaban J connectivity index is 1.96. The van der Waals surface area contributed by atoms with Crippen molar-refractivity contribution in [3.63, 3.8) is 0 Å². The molecule has 0 fully saturated rings. The Morgan fingerprint density at radius 3 is 2.94 bits per heavy atom. The quantitative estimate of drug-likeness (QED) is 0.841. The van der Waals surface area contributed by atoms with Crippen LogP contribution in [0.4, 0.5) is 0 Å². The molecule has 0 aliphatic rings. The molecule has 0 radical (unpaired) electrons. The van der Waals surface area contributed by atoms with E-state index in [1.807, 2.05) is 16.8 Å². The van der Waals surface area contributed by atoms with E-state index in [9.17, 15) is 5.11 Å². The average Bonchev–Trinajstić information content (AvgIpc) is 2.92. The molecule has 0 unspecified atom stereocenters. The molecule has 0 saturated carbocycles. The fraction of sp³-hybridized carbons (Fsp3) is 0.308. The summed E-state index contributed by atoms with van der Waals surface area (Å²) in [6, 6.07) is 5.39. The molecule has 1 aromatic carbocycles. The van der Waals surface area contributed by atoms with E-state index in [2.05, 4.69) is 4.98 Å². The second kappa shape index (κ2) is 6.07. The van der Waals surface area contributed by atoms with Crippen molar-refractivity contribution < 1.29 is 14.6 Å². The van der Waals surface area contributed by atoms with Gasteiger partial charge in [0.1, 0.15) is 18.1 Å². The third kappa shape index (κ3) is 3.01. The van der Waals surface area contributed by atoms with E-state index in [-0.39, 0.29) is 6.61 Å². The molecule has 0 amide bonds. The summed E-state index contributed by atoms with van der Waals surface area (Å²) in [4.78, 5) is 3.96. The zero-order valence-electron chi connectivity index (χ0n) is 10.2. The standard InChI is InChI=1S/C13H16N2O3/c1-17-12-2-3-13(11(8-12)9-16)18-7-6-15-5-4-14-10-15/h2-5,8,10,16H,6-7,9H2,1H3. The smallest absolute Gasteiger partial charge is 0.125 e. The number of hydrogen-bond acceptors (Lipinski definition) is 4. The van der Waals surface area contributed by atoms with Crippen molar-refractivity contribution in [2.75, 3.05) is 13.7 Å². The lowest BCUT2D eigenvalue weighted by Crippen LogP contribution is -2.07. The molecule has 1 N–H and O–H groups in total. The van der Waals surface area contributed by atoms with Crippen molar-refractivity contribution in [2.45, 2.75) is 13.2 Å². The minimum atomic E-state index is -0.0718. The van der Waals surface area contributed by atoms with Crippen molar-refractivity contribution in [3.8, 4) is 11.5 Å². The highest BCUT2D eigenvalue weighted by atomic mass is 16.5. The lowest BCUT2D eigenvalue weighted by atomic mass is 10.2. The Kier molecular flexibility index (Phi) is 4.20. The Morgan fingerprint density at radius 1 is 1.39 bits per heavy atom. The SMILES string of the molecule is COc1ccc(OCCn2ccnc2)c(CO)c1. The molecule has 18 heavy (non-hydrogen) atoms. The van der Waals surface area contributed by atoms with E-state index in [1.54, 1.807) is 31.8 Å². The Bertz CT molecular complexity index is 483. The molecule has 0 atom stereocenters. The van der Waals surface area contributed by atoms with Gasteiger partial charge in [0.15, 0.2) is 0 Å². The van der Waals surface area contributed by atoms with Gasteiger partial charge in [-0.2, -0.15) is 0 Å². The Morgan fingerprint density at radius 2 is 2.28 bits per heavy atom. The van der Waals surface area contributed by atoms with Gasteiger partial charge in [0, 0.05) is 18.0 Å². The van der Waals surface area contributed by atoms with Crippen LogP contribution in [0, 0.1) is 0 Å². The second-order valence-corrected chi connectivity index (χ2v) is 3.78. The first kappa shape index (κ1) is 12.4. The fourth-order valence-corrected chi connectivity index (χ4v) is 1.63. The number of imidazole rings is 1. The highest BCUT2D eigenvalue weighted by Gasteiger charge is 2.04. The molecule has 2 aromatic rings. The summed E-state index contributed by atoms with van der Waals surface area (Å²) in [5.74, 6) is 1.39. The number of aliphatic hydroxyl groups is 1. The first-order chi connectivity index (χ1) is 8.83. The number of ether oxygens (including phenoxy) is 2. The molecule has 96 valence electrons. The van der Waals surface area contributed by atoms with Gasteiger partial charge in [-0.1, -0.05) is 0 Å². The molecule has 5 nitrogen and oxygen atoms in total. The molecular weight excluding hydrogens is 232 g/mol. The normalized spacial score (nSPS) is 10.3. The van der Waals surface area contributed by atoms with Crippen molar-refractivity contribution in [2.24, 2.45) is 0 Å². The van der Waals surface area contributed by atoms with Crippen LogP contribution in [0.5, 0.6) is 11.5 Å². The molecule has 2 rings (SSSR count). The van der Waals surface area contributed by atoms with Crippen LogP contribution in [-0.2, 0) is 13.2 Å². The lowest BCUT2D eigenvalue weighted by molar-refractivity contribution is 0.257. The van der Waals surface area contributed by atoms with Gasteiger partial charge in [-0.25, -0.2) is 4.98 Å². The highest BCUT2D eigenvalue weighted by Crippen LogP contribution is 2.24. The molecular formula is C13H16N2O3. The molecule has 0 bridgehead atoms. The van der Waals surface area contributed by atoms with Gasteiger partial charge in [-0.05, 0) is 18.2 Å². The summed E-state index contributed by atoms with van der Waals surface area (Å²) in [6.45, 7) is 1.17. The first-order valence-electron chi connectivity index (χ1n) is 5.70.